The van der Waals surface area contributed by atoms with Crippen LogP contribution in [0.25, 0.3) is 22.7 Å². The van der Waals surface area contributed by atoms with Crippen molar-refractivity contribution in [2.45, 2.75) is 30.1 Å². The van der Waals surface area contributed by atoms with Gasteiger partial charge in [0.2, 0.25) is 10.0 Å². The molecule has 0 amide bonds. The molecule has 1 fully saturated rings. The van der Waals surface area contributed by atoms with Crippen molar-refractivity contribution in [2.24, 2.45) is 0 Å². The number of alkyl halides is 2. The van der Waals surface area contributed by atoms with E-state index in [1.54, 1.807) is 24.5 Å². The maximum absolute atomic E-state index is 13.3. The third-order valence-corrected chi connectivity index (χ3v) is 7.95. The van der Waals surface area contributed by atoms with E-state index in [-0.39, 0.29) is 35.5 Å². The average molecular weight is 500 g/mol. The molecule has 0 N–H and O–H groups in total. The molecule has 2 aliphatic heterocycles. The second-order valence-electron chi connectivity index (χ2n) is 8.16. The van der Waals surface area contributed by atoms with Gasteiger partial charge in [0.1, 0.15) is 17.5 Å². The summed E-state index contributed by atoms with van der Waals surface area (Å²) in [7, 11) is -3.93. The van der Waals surface area contributed by atoms with Crippen LogP contribution in [-0.4, -0.2) is 56.6 Å². The first kappa shape index (κ1) is 21.8. The van der Waals surface area contributed by atoms with E-state index < -0.39 is 16.3 Å². The van der Waals surface area contributed by atoms with Crippen LogP contribution in [-0.2, 0) is 10.0 Å². The Morgan fingerprint density at radius 2 is 1.80 bits per heavy atom. The summed E-state index contributed by atoms with van der Waals surface area (Å²) in [5, 5.41) is 0. The number of benzene rings is 1. The number of nitrogens with zero attached hydrogens (tertiary/aromatic N) is 6. The molecule has 3 aromatic heterocycles. The quantitative estimate of drug-likeness (QED) is 0.420. The Balaban J connectivity index is 1.27. The summed E-state index contributed by atoms with van der Waals surface area (Å²) in [6, 6.07) is 8.85. The Morgan fingerprint density at radius 3 is 2.57 bits per heavy atom. The van der Waals surface area contributed by atoms with Crippen LogP contribution >= 0.6 is 0 Å². The number of hydrogen-bond acceptors (Lipinski definition) is 8. The molecule has 35 heavy (non-hydrogen) atoms. The molecule has 10 nitrogen and oxygen atoms in total. The van der Waals surface area contributed by atoms with Gasteiger partial charge in [-0.2, -0.15) is 4.31 Å². The van der Waals surface area contributed by atoms with Crippen LogP contribution in [0, 0.1) is 0 Å². The number of halogens is 2. The minimum atomic E-state index is -3.93. The van der Waals surface area contributed by atoms with E-state index in [9.17, 15) is 17.2 Å². The summed E-state index contributed by atoms with van der Waals surface area (Å²) in [5.41, 5.74) is 2.05. The number of imidazole rings is 1. The first-order chi connectivity index (χ1) is 16.8. The van der Waals surface area contributed by atoms with Crippen LogP contribution in [0.1, 0.15) is 18.9 Å². The molecular formula is C22H18F2N6O4S. The lowest BCUT2D eigenvalue weighted by Crippen LogP contribution is -2.39. The van der Waals surface area contributed by atoms with Crippen LogP contribution < -0.4 is 9.47 Å². The summed E-state index contributed by atoms with van der Waals surface area (Å²) >= 11 is 0. The molecule has 0 aliphatic carbocycles. The third-order valence-electron chi connectivity index (χ3n) is 6.06. The Morgan fingerprint density at radius 1 is 1.00 bits per heavy atom. The van der Waals surface area contributed by atoms with Crippen molar-refractivity contribution in [1.29, 1.82) is 0 Å². The standard InChI is InChI=1S/C22H18F2N6O4S/c23-22(24)33-18-4-3-15(12-19(18)34-22)35(31,32)29-10-6-14(7-11-29)30-20-17(2-1-8-26-20)28-21(30)16-5-9-25-13-27-16/h1-5,8-9,12-14H,6-7,10-11H2. The van der Waals surface area contributed by atoms with Crippen molar-refractivity contribution in [3.63, 3.8) is 0 Å². The van der Waals surface area contributed by atoms with Crippen molar-refractivity contribution < 1.29 is 26.7 Å². The summed E-state index contributed by atoms with van der Waals surface area (Å²) in [4.78, 5) is 17.4. The number of piperidine rings is 1. The van der Waals surface area contributed by atoms with E-state index in [0.29, 0.717) is 35.5 Å². The van der Waals surface area contributed by atoms with Gasteiger partial charge in [0.25, 0.3) is 0 Å². The van der Waals surface area contributed by atoms with E-state index in [1.165, 1.54) is 22.8 Å². The monoisotopic (exact) mass is 500 g/mol. The fraction of sp³-hybridized carbons (Fsp3) is 0.273. The molecule has 0 spiro atoms. The Labute approximate surface area is 198 Å². The van der Waals surface area contributed by atoms with Crippen LogP contribution in [0.2, 0.25) is 0 Å². The molecular weight excluding hydrogens is 482 g/mol. The van der Waals surface area contributed by atoms with Gasteiger partial charge in [-0.15, -0.1) is 8.78 Å². The summed E-state index contributed by atoms with van der Waals surface area (Å²) in [6.45, 7) is 0.459. The number of aromatic nitrogens is 5. The van der Waals surface area contributed by atoms with Gasteiger partial charge in [-0.3, -0.25) is 0 Å². The van der Waals surface area contributed by atoms with Crippen molar-refractivity contribution in [1.82, 2.24) is 28.8 Å². The number of fused-ring (bicyclic) bond motifs is 2. The molecule has 0 saturated carbocycles. The van der Waals surface area contributed by atoms with Crippen molar-refractivity contribution >= 4 is 21.2 Å². The Hall–Kier alpha value is -3.71. The molecule has 13 heteroatoms. The molecule has 6 rings (SSSR count). The Bertz CT molecular complexity index is 1520. The number of sulfonamides is 1. The minimum Gasteiger partial charge on any atom is -0.395 e. The SMILES string of the molecule is O=S(=O)(c1ccc2c(c1)OC(F)(F)O2)N1CCC(n2c(-c3ccncn3)nc3cccnc32)CC1. The first-order valence-electron chi connectivity index (χ1n) is 10.8. The highest BCUT2D eigenvalue weighted by molar-refractivity contribution is 7.89. The third kappa shape index (κ3) is 3.76. The Kier molecular flexibility index (Phi) is 4.93. The van der Waals surface area contributed by atoms with Crippen molar-refractivity contribution in [3.8, 4) is 23.0 Å². The maximum Gasteiger partial charge on any atom is 0.586 e. The molecule has 4 aromatic rings. The van der Waals surface area contributed by atoms with E-state index >= 15 is 0 Å². The normalized spacial score (nSPS) is 18.2. The fourth-order valence-electron chi connectivity index (χ4n) is 4.46. The topological polar surface area (TPSA) is 112 Å². The summed E-state index contributed by atoms with van der Waals surface area (Å²) < 4.78 is 65.3. The van der Waals surface area contributed by atoms with E-state index in [2.05, 4.69) is 24.4 Å². The van der Waals surface area contributed by atoms with Gasteiger partial charge in [0.15, 0.2) is 23.0 Å². The fourth-order valence-corrected chi connectivity index (χ4v) is 5.94. The number of rotatable bonds is 4. The highest BCUT2D eigenvalue weighted by Gasteiger charge is 2.44. The summed E-state index contributed by atoms with van der Waals surface area (Å²) in [6.07, 6.45) is 1.96. The van der Waals surface area contributed by atoms with E-state index in [1.807, 2.05) is 10.6 Å². The number of pyridine rings is 1. The second-order valence-corrected chi connectivity index (χ2v) is 10.1. The second kappa shape index (κ2) is 7.92. The minimum absolute atomic E-state index is 0.0678. The maximum atomic E-state index is 13.3. The molecule has 1 aromatic carbocycles. The zero-order valence-corrected chi connectivity index (χ0v) is 18.9. The smallest absolute Gasteiger partial charge is 0.395 e. The van der Waals surface area contributed by atoms with Crippen molar-refractivity contribution in [3.05, 3.63) is 55.1 Å². The van der Waals surface area contributed by atoms with E-state index in [0.717, 1.165) is 6.07 Å². The molecule has 0 atom stereocenters. The molecule has 180 valence electrons. The van der Waals surface area contributed by atoms with Crippen LogP contribution in [0.3, 0.4) is 0 Å². The van der Waals surface area contributed by atoms with Crippen LogP contribution in [0.4, 0.5) is 8.78 Å². The average Bonchev–Trinajstić information content (AvgIpc) is 3.40. The lowest BCUT2D eigenvalue weighted by Gasteiger charge is -2.32. The lowest BCUT2D eigenvalue weighted by molar-refractivity contribution is -0.286. The van der Waals surface area contributed by atoms with Gasteiger partial charge in [0, 0.05) is 37.6 Å². The first-order valence-corrected chi connectivity index (χ1v) is 12.3. The molecule has 0 radical (unpaired) electrons. The van der Waals surface area contributed by atoms with Crippen molar-refractivity contribution in [2.75, 3.05) is 13.1 Å². The predicted molar refractivity (Wildman–Crippen MR) is 118 cm³/mol. The molecule has 0 bridgehead atoms. The predicted octanol–water partition coefficient (Wildman–Crippen LogP) is 3.24. The van der Waals surface area contributed by atoms with Gasteiger partial charge in [0.05, 0.1) is 4.90 Å². The van der Waals surface area contributed by atoms with Crippen LogP contribution in [0.15, 0.2) is 60.0 Å². The highest BCUT2D eigenvalue weighted by Crippen LogP contribution is 2.42. The largest absolute Gasteiger partial charge is 0.586 e. The zero-order chi connectivity index (χ0) is 24.2. The zero-order valence-electron chi connectivity index (χ0n) is 18.1. The van der Waals surface area contributed by atoms with Gasteiger partial charge in [-0.05, 0) is 43.2 Å². The van der Waals surface area contributed by atoms with Gasteiger partial charge < -0.3 is 14.0 Å². The van der Waals surface area contributed by atoms with Gasteiger partial charge >= 0.3 is 6.29 Å². The molecule has 2 aliphatic rings. The number of ether oxygens (including phenoxy) is 2. The number of hydrogen-bond donors (Lipinski definition) is 0. The van der Waals surface area contributed by atoms with Gasteiger partial charge in [-0.1, -0.05) is 0 Å². The molecule has 1 saturated heterocycles. The van der Waals surface area contributed by atoms with Gasteiger partial charge in [-0.25, -0.2) is 28.4 Å². The molecule has 5 heterocycles. The van der Waals surface area contributed by atoms with E-state index in [4.69, 9.17) is 4.98 Å². The summed E-state index contributed by atoms with van der Waals surface area (Å²) in [5.74, 6) is 0.125. The highest BCUT2D eigenvalue weighted by atomic mass is 32.2. The van der Waals surface area contributed by atoms with Crippen LogP contribution in [0.5, 0.6) is 11.5 Å². The lowest BCUT2D eigenvalue weighted by atomic mass is 10.1. The molecule has 0 unspecified atom stereocenters.